The Balaban J connectivity index is 2.50. The van der Waals surface area contributed by atoms with Crippen LogP contribution in [0.25, 0.3) is 0 Å². The van der Waals surface area contributed by atoms with Crippen LogP contribution in [0.15, 0.2) is 60.7 Å². The Kier molecular flexibility index (Phi) is 3.21. The zero-order valence-corrected chi connectivity index (χ0v) is 9.11. The Morgan fingerprint density at radius 3 is 1.65 bits per heavy atom. The molecule has 0 radical (unpaired) electrons. The molecule has 86 valence electrons. The first-order valence-electron chi connectivity index (χ1n) is 5.22. The first-order valence-corrected chi connectivity index (χ1v) is 5.22. The molecule has 2 rings (SSSR count). The summed E-state index contributed by atoms with van der Waals surface area (Å²) in [4.78, 5) is 10.6. The molecule has 0 amide bonds. The van der Waals surface area contributed by atoms with Crippen molar-refractivity contribution in [3.8, 4) is 0 Å². The van der Waals surface area contributed by atoms with Crippen molar-refractivity contribution in [2.75, 3.05) is 0 Å². The molecule has 2 aromatic rings. The Morgan fingerprint density at radius 1 is 0.882 bits per heavy atom. The molecule has 1 N–H and O–H groups in total. The van der Waals surface area contributed by atoms with Gasteiger partial charge in [0.2, 0.25) is 0 Å². The standard InChI is InChI=1S/C14H12O3/c15-11-17-14(16,12-7-3-1-4-8-12)13-9-5-2-6-10-13/h1-11,16H. The lowest BCUT2D eigenvalue weighted by molar-refractivity contribution is -0.182. The molecule has 0 saturated carbocycles. The van der Waals surface area contributed by atoms with Gasteiger partial charge in [0.05, 0.1) is 0 Å². The normalized spacial score (nSPS) is 10.9. The van der Waals surface area contributed by atoms with E-state index in [0.29, 0.717) is 11.1 Å². The summed E-state index contributed by atoms with van der Waals surface area (Å²) in [6.45, 7) is 0.250. The number of rotatable bonds is 4. The van der Waals surface area contributed by atoms with Gasteiger partial charge in [0.15, 0.2) is 0 Å². The minimum Gasteiger partial charge on any atom is -0.426 e. The minimum absolute atomic E-state index is 0.250. The minimum atomic E-state index is -1.73. The van der Waals surface area contributed by atoms with Crippen LogP contribution in [0.4, 0.5) is 0 Å². The largest absolute Gasteiger partial charge is 0.426 e. The van der Waals surface area contributed by atoms with Gasteiger partial charge < -0.3 is 9.84 Å². The molecule has 0 bridgehead atoms. The van der Waals surface area contributed by atoms with Crippen LogP contribution in [-0.2, 0) is 15.3 Å². The molecular formula is C14H12O3. The zero-order valence-electron chi connectivity index (χ0n) is 9.11. The van der Waals surface area contributed by atoms with Crippen molar-refractivity contribution in [2.24, 2.45) is 0 Å². The number of hydrogen-bond acceptors (Lipinski definition) is 3. The van der Waals surface area contributed by atoms with Crippen molar-refractivity contribution < 1.29 is 14.6 Å². The Morgan fingerprint density at radius 2 is 1.29 bits per heavy atom. The third-order valence-electron chi connectivity index (χ3n) is 2.55. The van der Waals surface area contributed by atoms with Gasteiger partial charge in [-0.25, -0.2) is 0 Å². The highest BCUT2D eigenvalue weighted by atomic mass is 16.6. The van der Waals surface area contributed by atoms with Gasteiger partial charge in [0.1, 0.15) is 0 Å². The average molecular weight is 228 g/mol. The fraction of sp³-hybridized carbons (Fsp3) is 0.0714. The van der Waals surface area contributed by atoms with Crippen LogP contribution < -0.4 is 0 Å². The predicted molar refractivity (Wildman–Crippen MR) is 63.0 cm³/mol. The van der Waals surface area contributed by atoms with Crippen LogP contribution in [-0.4, -0.2) is 11.6 Å². The number of aliphatic hydroxyl groups is 1. The topological polar surface area (TPSA) is 46.5 Å². The third-order valence-corrected chi connectivity index (χ3v) is 2.55. The van der Waals surface area contributed by atoms with Crippen molar-refractivity contribution in [3.63, 3.8) is 0 Å². The molecule has 0 aliphatic heterocycles. The fourth-order valence-corrected chi connectivity index (χ4v) is 1.70. The molecule has 0 atom stereocenters. The molecule has 0 aliphatic rings. The summed E-state index contributed by atoms with van der Waals surface area (Å²) >= 11 is 0. The first-order chi connectivity index (χ1) is 8.27. The van der Waals surface area contributed by atoms with Gasteiger partial charge in [-0.1, -0.05) is 60.7 Å². The number of ether oxygens (including phenoxy) is 1. The van der Waals surface area contributed by atoms with E-state index in [4.69, 9.17) is 4.74 Å². The van der Waals surface area contributed by atoms with E-state index in [-0.39, 0.29) is 6.47 Å². The van der Waals surface area contributed by atoms with Crippen LogP contribution in [0, 0.1) is 0 Å². The lowest BCUT2D eigenvalue weighted by Crippen LogP contribution is -2.30. The van der Waals surface area contributed by atoms with Gasteiger partial charge in [-0.15, -0.1) is 0 Å². The maximum absolute atomic E-state index is 10.6. The van der Waals surface area contributed by atoms with Crippen molar-refractivity contribution in [1.82, 2.24) is 0 Å². The van der Waals surface area contributed by atoms with E-state index in [1.54, 1.807) is 48.5 Å². The SMILES string of the molecule is O=COC(O)(c1ccccc1)c1ccccc1. The maximum Gasteiger partial charge on any atom is 0.296 e. The summed E-state index contributed by atoms with van der Waals surface area (Å²) in [5.41, 5.74) is 1.02. The highest BCUT2D eigenvalue weighted by molar-refractivity contribution is 5.43. The van der Waals surface area contributed by atoms with Gasteiger partial charge in [-0.3, -0.25) is 4.79 Å². The van der Waals surface area contributed by atoms with Gasteiger partial charge in [-0.2, -0.15) is 0 Å². The lowest BCUT2D eigenvalue weighted by Gasteiger charge is -2.26. The molecule has 2 aromatic carbocycles. The highest BCUT2D eigenvalue weighted by Gasteiger charge is 2.33. The molecular weight excluding hydrogens is 216 g/mol. The van der Waals surface area contributed by atoms with E-state index < -0.39 is 5.79 Å². The van der Waals surface area contributed by atoms with E-state index in [9.17, 15) is 9.90 Å². The summed E-state index contributed by atoms with van der Waals surface area (Å²) in [5, 5.41) is 10.5. The Hall–Kier alpha value is -2.13. The first kappa shape index (κ1) is 11.4. The van der Waals surface area contributed by atoms with Gasteiger partial charge >= 0.3 is 0 Å². The van der Waals surface area contributed by atoms with Crippen molar-refractivity contribution in [2.45, 2.75) is 5.79 Å². The van der Waals surface area contributed by atoms with Gasteiger partial charge in [-0.05, 0) is 0 Å². The van der Waals surface area contributed by atoms with E-state index in [1.807, 2.05) is 12.1 Å². The van der Waals surface area contributed by atoms with Gasteiger partial charge in [0.25, 0.3) is 12.3 Å². The average Bonchev–Trinajstić information content (AvgIpc) is 2.41. The molecule has 17 heavy (non-hydrogen) atoms. The summed E-state index contributed by atoms with van der Waals surface area (Å²) in [7, 11) is 0. The number of carbonyl (C=O) groups is 1. The van der Waals surface area contributed by atoms with E-state index in [1.165, 1.54) is 0 Å². The monoisotopic (exact) mass is 228 g/mol. The summed E-state index contributed by atoms with van der Waals surface area (Å²) < 4.78 is 4.88. The summed E-state index contributed by atoms with van der Waals surface area (Å²) in [6.07, 6.45) is 0. The zero-order chi connectivity index (χ0) is 12.1. The molecule has 0 saturated heterocycles. The van der Waals surface area contributed by atoms with E-state index >= 15 is 0 Å². The van der Waals surface area contributed by atoms with Crippen LogP contribution in [0.5, 0.6) is 0 Å². The molecule has 0 aromatic heterocycles. The van der Waals surface area contributed by atoms with Crippen molar-refractivity contribution >= 4 is 6.47 Å². The smallest absolute Gasteiger partial charge is 0.296 e. The molecule has 0 heterocycles. The summed E-state index contributed by atoms with van der Waals surface area (Å²) in [6, 6.07) is 17.6. The third kappa shape index (κ3) is 2.19. The number of benzene rings is 2. The number of hydrogen-bond donors (Lipinski definition) is 1. The molecule has 0 unspecified atom stereocenters. The fourth-order valence-electron chi connectivity index (χ4n) is 1.70. The molecule has 3 nitrogen and oxygen atoms in total. The van der Waals surface area contributed by atoms with Crippen molar-refractivity contribution in [3.05, 3.63) is 71.8 Å². The van der Waals surface area contributed by atoms with Crippen LogP contribution in [0.3, 0.4) is 0 Å². The Bertz CT molecular complexity index is 440. The Labute approximate surface area is 99.3 Å². The second-order valence-electron chi connectivity index (χ2n) is 3.59. The maximum atomic E-state index is 10.6. The quantitative estimate of drug-likeness (QED) is 0.643. The lowest BCUT2D eigenvalue weighted by atomic mass is 9.97. The molecule has 0 spiro atoms. The molecule has 0 aliphatic carbocycles. The van der Waals surface area contributed by atoms with E-state index in [2.05, 4.69) is 0 Å². The van der Waals surface area contributed by atoms with E-state index in [0.717, 1.165) is 0 Å². The molecule has 0 fully saturated rings. The highest BCUT2D eigenvalue weighted by Crippen LogP contribution is 2.29. The van der Waals surface area contributed by atoms with Crippen molar-refractivity contribution in [1.29, 1.82) is 0 Å². The van der Waals surface area contributed by atoms with Crippen LogP contribution in [0.1, 0.15) is 11.1 Å². The second-order valence-corrected chi connectivity index (χ2v) is 3.59. The van der Waals surface area contributed by atoms with Crippen LogP contribution in [0.2, 0.25) is 0 Å². The number of carbonyl (C=O) groups excluding carboxylic acids is 1. The predicted octanol–water partition coefficient (Wildman–Crippen LogP) is 2.05. The molecule has 3 heteroatoms. The summed E-state index contributed by atoms with van der Waals surface area (Å²) in [5.74, 6) is -1.73. The van der Waals surface area contributed by atoms with Crippen LogP contribution >= 0.6 is 0 Å². The van der Waals surface area contributed by atoms with Gasteiger partial charge in [0, 0.05) is 11.1 Å². The second kappa shape index (κ2) is 4.80.